The molecule has 5 heteroatoms. The van der Waals surface area contributed by atoms with Gasteiger partial charge in [0.25, 0.3) is 5.91 Å². The zero-order chi connectivity index (χ0) is 19.5. The fourth-order valence-corrected chi connectivity index (χ4v) is 3.59. The van der Waals surface area contributed by atoms with E-state index in [-0.39, 0.29) is 11.7 Å². The molecular weight excluding hydrogens is 353 g/mol. The molecule has 3 aromatic carbocycles. The second-order valence-corrected chi connectivity index (χ2v) is 7.03. The number of carbonyl (C=O) groups is 1. The van der Waals surface area contributed by atoms with Gasteiger partial charge in [0.1, 0.15) is 5.82 Å². The molecule has 0 bridgehead atoms. The van der Waals surface area contributed by atoms with Gasteiger partial charge in [-0.1, -0.05) is 36.4 Å². The second-order valence-electron chi connectivity index (χ2n) is 7.03. The third kappa shape index (κ3) is 3.83. The lowest BCUT2D eigenvalue weighted by Crippen LogP contribution is -2.33. The van der Waals surface area contributed by atoms with Gasteiger partial charge in [-0.15, -0.1) is 0 Å². The van der Waals surface area contributed by atoms with Crippen molar-refractivity contribution < 1.29 is 9.18 Å². The molecule has 4 rings (SSSR count). The number of nitrogens with one attached hydrogen (secondary N) is 1. The summed E-state index contributed by atoms with van der Waals surface area (Å²) in [6.07, 6.45) is 0.942. The smallest absolute Gasteiger partial charge is 0.253 e. The van der Waals surface area contributed by atoms with Gasteiger partial charge in [-0.3, -0.25) is 4.79 Å². The highest BCUT2D eigenvalue weighted by atomic mass is 19.1. The van der Waals surface area contributed by atoms with Gasteiger partial charge in [0.2, 0.25) is 0 Å². The van der Waals surface area contributed by atoms with Crippen LogP contribution in [0.1, 0.15) is 27.0 Å². The number of nitrogens with two attached hydrogens (primary N) is 1. The Kier molecular flexibility index (Phi) is 4.98. The molecule has 3 N–H and O–H groups in total. The molecule has 0 saturated carbocycles. The number of rotatable bonds is 4. The quantitative estimate of drug-likeness (QED) is 0.680. The van der Waals surface area contributed by atoms with Gasteiger partial charge in [0.15, 0.2) is 0 Å². The number of hydrogen-bond donors (Lipinski definition) is 2. The van der Waals surface area contributed by atoms with Crippen LogP contribution < -0.4 is 16.0 Å². The predicted molar refractivity (Wildman–Crippen MR) is 110 cm³/mol. The number of fused-ring (bicyclic) bond motifs is 1. The van der Waals surface area contributed by atoms with Gasteiger partial charge in [-0.25, -0.2) is 4.39 Å². The van der Waals surface area contributed by atoms with E-state index in [0.29, 0.717) is 17.8 Å². The van der Waals surface area contributed by atoms with Crippen molar-refractivity contribution >= 4 is 17.3 Å². The molecule has 1 amide bonds. The minimum Gasteiger partial charge on any atom is -0.399 e. The molecule has 1 aliphatic heterocycles. The fourth-order valence-electron chi connectivity index (χ4n) is 3.59. The van der Waals surface area contributed by atoms with Crippen molar-refractivity contribution in [2.75, 3.05) is 17.2 Å². The summed E-state index contributed by atoms with van der Waals surface area (Å²) in [5.74, 6) is -0.482. The fraction of sp³-hybridized carbons (Fsp3) is 0.174. The maximum absolute atomic E-state index is 13.1. The molecular formula is C23H22FN3O. The molecule has 4 nitrogen and oxygen atoms in total. The Morgan fingerprint density at radius 1 is 1.04 bits per heavy atom. The van der Waals surface area contributed by atoms with E-state index < -0.39 is 0 Å². The van der Waals surface area contributed by atoms with E-state index in [4.69, 9.17) is 5.73 Å². The average Bonchev–Trinajstić information content (AvgIpc) is 2.72. The van der Waals surface area contributed by atoms with E-state index in [1.807, 2.05) is 18.2 Å². The summed E-state index contributed by atoms with van der Waals surface area (Å²) in [4.78, 5) is 15.1. The number of nitrogen functional groups attached to an aromatic ring is 1. The Hall–Kier alpha value is -3.34. The number of halogens is 1. The Morgan fingerprint density at radius 3 is 2.57 bits per heavy atom. The highest BCUT2D eigenvalue weighted by molar-refractivity contribution is 6.00. The van der Waals surface area contributed by atoms with Gasteiger partial charge in [-0.2, -0.15) is 0 Å². The molecule has 0 radical (unpaired) electrons. The number of anilines is 2. The van der Waals surface area contributed by atoms with Crippen LogP contribution in [0, 0.1) is 5.82 Å². The average molecular weight is 375 g/mol. The first-order valence-electron chi connectivity index (χ1n) is 9.34. The van der Waals surface area contributed by atoms with Crippen LogP contribution in [0.3, 0.4) is 0 Å². The summed E-state index contributed by atoms with van der Waals surface area (Å²) in [6.45, 7) is 1.94. The zero-order valence-electron chi connectivity index (χ0n) is 15.5. The SMILES string of the molecule is Nc1ccc(N2CCc3ccccc3C2)c(C(=O)NCc2ccc(F)cc2)c1. The van der Waals surface area contributed by atoms with Crippen molar-refractivity contribution in [2.45, 2.75) is 19.5 Å². The van der Waals surface area contributed by atoms with Crippen LogP contribution in [-0.2, 0) is 19.5 Å². The summed E-state index contributed by atoms with van der Waals surface area (Å²) >= 11 is 0. The molecule has 28 heavy (non-hydrogen) atoms. The number of benzene rings is 3. The van der Waals surface area contributed by atoms with Gasteiger partial charge in [0, 0.05) is 31.0 Å². The van der Waals surface area contributed by atoms with Crippen LogP contribution in [0.4, 0.5) is 15.8 Å². The zero-order valence-corrected chi connectivity index (χ0v) is 15.5. The summed E-state index contributed by atoms with van der Waals surface area (Å²) < 4.78 is 13.1. The predicted octanol–water partition coefficient (Wildman–Crippen LogP) is 3.90. The first-order valence-corrected chi connectivity index (χ1v) is 9.34. The Bertz CT molecular complexity index is 1000. The number of nitrogens with zero attached hydrogens (tertiary/aromatic N) is 1. The third-order valence-corrected chi connectivity index (χ3v) is 5.10. The molecule has 1 heterocycles. The lowest BCUT2D eigenvalue weighted by Gasteiger charge is -2.32. The maximum Gasteiger partial charge on any atom is 0.253 e. The van der Waals surface area contributed by atoms with E-state index in [0.717, 1.165) is 30.8 Å². The molecule has 0 aliphatic carbocycles. The largest absolute Gasteiger partial charge is 0.399 e. The third-order valence-electron chi connectivity index (χ3n) is 5.10. The normalized spacial score (nSPS) is 13.1. The number of hydrogen-bond acceptors (Lipinski definition) is 3. The van der Waals surface area contributed by atoms with Crippen molar-refractivity contribution in [1.82, 2.24) is 5.32 Å². The Morgan fingerprint density at radius 2 is 1.79 bits per heavy atom. The summed E-state index contributed by atoms with van der Waals surface area (Å²) in [7, 11) is 0. The lowest BCUT2D eigenvalue weighted by atomic mass is 9.98. The van der Waals surface area contributed by atoms with E-state index in [2.05, 4.69) is 28.4 Å². The van der Waals surface area contributed by atoms with Crippen LogP contribution in [0.15, 0.2) is 66.7 Å². The molecule has 0 saturated heterocycles. The summed E-state index contributed by atoms with van der Waals surface area (Å²) in [6, 6.07) is 20.0. The van der Waals surface area contributed by atoms with Gasteiger partial charge >= 0.3 is 0 Å². The van der Waals surface area contributed by atoms with Gasteiger partial charge in [-0.05, 0) is 53.4 Å². The van der Waals surface area contributed by atoms with Crippen molar-refractivity contribution in [1.29, 1.82) is 0 Å². The van der Waals surface area contributed by atoms with E-state index in [9.17, 15) is 9.18 Å². The molecule has 0 fully saturated rings. The van der Waals surface area contributed by atoms with Crippen molar-refractivity contribution in [3.63, 3.8) is 0 Å². The monoisotopic (exact) mass is 375 g/mol. The molecule has 0 unspecified atom stereocenters. The summed E-state index contributed by atoms with van der Waals surface area (Å²) in [5.41, 5.74) is 11.4. The van der Waals surface area contributed by atoms with Crippen LogP contribution in [0.5, 0.6) is 0 Å². The minimum absolute atomic E-state index is 0.189. The van der Waals surface area contributed by atoms with Crippen LogP contribution >= 0.6 is 0 Å². The second kappa shape index (κ2) is 7.72. The Labute approximate surface area is 163 Å². The molecule has 0 spiro atoms. The van der Waals surface area contributed by atoms with Crippen molar-refractivity contribution in [3.8, 4) is 0 Å². The Balaban J connectivity index is 1.55. The van der Waals surface area contributed by atoms with Crippen LogP contribution in [-0.4, -0.2) is 12.5 Å². The maximum atomic E-state index is 13.1. The number of amides is 1. The van der Waals surface area contributed by atoms with Crippen molar-refractivity contribution in [2.24, 2.45) is 0 Å². The van der Waals surface area contributed by atoms with E-state index >= 15 is 0 Å². The van der Waals surface area contributed by atoms with Gasteiger partial charge < -0.3 is 16.0 Å². The highest BCUT2D eigenvalue weighted by Gasteiger charge is 2.21. The topological polar surface area (TPSA) is 58.4 Å². The lowest BCUT2D eigenvalue weighted by molar-refractivity contribution is 0.0951. The molecule has 3 aromatic rings. The molecule has 0 atom stereocenters. The number of carbonyl (C=O) groups excluding carboxylic acids is 1. The van der Waals surface area contributed by atoms with E-state index in [1.165, 1.54) is 23.3 Å². The highest BCUT2D eigenvalue weighted by Crippen LogP contribution is 2.29. The first-order chi connectivity index (χ1) is 13.6. The van der Waals surface area contributed by atoms with Crippen LogP contribution in [0.25, 0.3) is 0 Å². The molecule has 142 valence electrons. The standard InChI is InChI=1S/C23H22FN3O/c24-19-7-5-16(6-8-19)14-26-23(28)21-13-20(25)9-10-22(21)27-12-11-17-3-1-2-4-18(17)15-27/h1-10,13H,11-12,14-15,25H2,(H,26,28). The van der Waals surface area contributed by atoms with E-state index in [1.54, 1.807) is 18.2 Å². The van der Waals surface area contributed by atoms with Crippen molar-refractivity contribution in [3.05, 3.63) is 94.8 Å². The summed E-state index contributed by atoms with van der Waals surface area (Å²) in [5, 5.41) is 2.92. The van der Waals surface area contributed by atoms with Gasteiger partial charge in [0.05, 0.1) is 5.56 Å². The minimum atomic E-state index is -0.293. The first kappa shape index (κ1) is 18.0. The molecule has 0 aromatic heterocycles. The molecule has 1 aliphatic rings. The van der Waals surface area contributed by atoms with Crippen LogP contribution in [0.2, 0.25) is 0 Å².